The Morgan fingerprint density at radius 2 is 1.65 bits per heavy atom. The lowest BCUT2D eigenvalue weighted by Crippen LogP contribution is -2.28. The van der Waals surface area contributed by atoms with Crippen LogP contribution < -0.4 is 10.1 Å². The molecule has 122 valence electrons. The fourth-order valence-corrected chi connectivity index (χ4v) is 2.18. The summed E-state index contributed by atoms with van der Waals surface area (Å²) in [6.45, 7) is 6.94. The summed E-state index contributed by atoms with van der Waals surface area (Å²) in [4.78, 5) is 11.8. The van der Waals surface area contributed by atoms with Crippen LogP contribution in [0.15, 0.2) is 48.5 Å². The van der Waals surface area contributed by atoms with Gasteiger partial charge < -0.3 is 10.1 Å². The van der Waals surface area contributed by atoms with Crippen molar-refractivity contribution in [3.63, 3.8) is 0 Å². The summed E-state index contributed by atoms with van der Waals surface area (Å²) in [5.41, 5.74) is 2.34. The smallest absolute Gasteiger partial charge is 0.258 e. The van der Waals surface area contributed by atoms with Gasteiger partial charge >= 0.3 is 0 Å². The molecule has 0 fully saturated rings. The number of hydrogen-bond acceptors (Lipinski definition) is 2. The van der Waals surface area contributed by atoms with Crippen molar-refractivity contribution in [3.05, 3.63) is 64.7 Å². The van der Waals surface area contributed by atoms with Crippen LogP contribution in [0.5, 0.6) is 5.75 Å². The highest BCUT2D eigenvalue weighted by Crippen LogP contribution is 2.24. The first-order valence-electron chi connectivity index (χ1n) is 7.59. The average molecular weight is 332 g/mol. The van der Waals surface area contributed by atoms with Gasteiger partial charge in [0.15, 0.2) is 6.61 Å². The van der Waals surface area contributed by atoms with Gasteiger partial charge in [0.25, 0.3) is 5.91 Å². The van der Waals surface area contributed by atoms with Gasteiger partial charge in [-0.15, -0.1) is 0 Å². The molecule has 2 aromatic rings. The first-order chi connectivity index (χ1) is 10.8. The number of amides is 1. The van der Waals surface area contributed by atoms with Crippen molar-refractivity contribution in [2.45, 2.75) is 32.7 Å². The van der Waals surface area contributed by atoms with Gasteiger partial charge in [-0.3, -0.25) is 4.79 Å². The van der Waals surface area contributed by atoms with E-state index in [1.54, 1.807) is 12.1 Å². The number of ether oxygens (including phenoxy) is 1. The lowest BCUT2D eigenvalue weighted by Gasteiger charge is -2.19. The zero-order valence-corrected chi connectivity index (χ0v) is 14.5. The molecule has 0 heterocycles. The van der Waals surface area contributed by atoms with E-state index in [1.807, 2.05) is 36.4 Å². The second-order valence-electron chi connectivity index (χ2n) is 6.47. The quantitative estimate of drug-likeness (QED) is 0.885. The summed E-state index contributed by atoms with van der Waals surface area (Å²) < 4.78 is 5.51. The summed E-state index contributed by atoms with van der Waals surface area (Å²) in [6.07, 6.45) is 0. The molecule has 1 N–H and O–H groups in total. The van der Waals surface area contributed by atoms with Crippen molar-refractivity contribution in [3.8, 4) is 5.75 Å². The zero-order valence-electron chi connectivity index (χ0n) is 13.7. The maximum atomic E-state index is 11.8. The number of benzene rings is 2. The molecule has 3 nitrogen and oxygen atoms in total. The standard InChI is InChI=1S/C19H22ClNO2/c1-19(2,3)15-6-10-17(11-7-15)23-13-18(22)21-12-14-4-8-16(20)9-5-14/h4-11H,12-13H2,1-3H3,(H,21,22). The van der Waals surface area contributed by atoms with Crippen molar-refractivity contribution < 1.29 is 9.53 Å². The van der Waals surface area contributed by atoms with Gasteiger partial charge in [-0.2, -0.15) is 0 Å². The molecule has 0 unspecified atom stereocenters. The third kappa shape index (κ3) is 5.61. The van der Waals surface area contributed by atoms with E-state index in [1.165, 1.54) is 5.56 Å². The maximum Gasteiger partial charge on any atom is 0.258 e. The van der Waals surface area contributed by atoms with Crippen LogP contribution in [0.25, 0.3) is 0 Å². The van der Waals surface area contributed by atoms with Crippen molar-refractivity contribution in [1.82, 2.24) is 5.32 Å². The molecular weight excluding hydrogens is 310 g/mol. The largest absolute Gasteiger partial charge is 0.484 e. The van der Waals surface area contributed by atoms with Gasteiger partial charge in [0.1, 0.15) is 5.75 Å². The van der Waals surface area contributed by atoms with Crippen LogP contribution in [0.2, 0.25) is 5.02 Å². The molecule has 2 aromatic carbocycles. The number of hydrogen-bond donors (Lipinski definition) is 1. The van der Waals surface area contributed by atoms with E-state index in [2.05, 4.69) is 26.1 Å². The molecule has 0 radical (unpaired) electrons. The van der Waals surface area contributed by atoms with Crippen LogP contribution in [0, 0.1) is 0 Å². The zero-order chi connectivity index (χ0) is 16.9. The maximum absolute atomic E-state index is 11.8. The van der Waals surface area contributed by atoms with Gasteiger partial charge in [0, 0.05) is 11.6 Å². The molecule has 4 heteroatoms. The first-order valence-corrected chi connectivity index (χ1v) is 7.97. The third-order valence-corrected chi connectivity index (χ3v) is 3.75. The lowest BCUT2D eigenvalue weighted by atomic mass is 9.87. The Kier molecular flexibility index (Phi) is 5.67. The minimum Gasteiger partial charge on any atom is -0.484 e. The Balaban J connectivity index is 1.79. The molecule has 23 heavy (non-hydrogen) atoms. The van der Waals surface area contributed by atoms with E-state index in [0.29, 0.717) is 17.3 Å². The van der Waals surface area contributed by atoms with Gasteiger partial charge in [-0.1, -0.05) is 56.6 Å². The first kappa shape index (κ1) is 17.4. The van der Waals surface area contributed by atoms with Gasteiger partial charge in [-0.25, -0.2) is 0 Å². The second-order valence-corrected chi connectivity index (χ2v) is 6.90. The van der Waals surface area contributed by atoms with Crippen LogP contribution >= 0.6 is 11.6 Å². The van der Waals surface area contributed by atoms with Crippen LogP contribution in [0.4, 0.5) is 0 Å². The van der Waals surface area contributed by atoms with Crippen molar-refractivity contribution >= 4 is 17.5 Å². The minimum atomic E-state index is -0.153. The summed E-state index contributed by atoms with van der Waals surface area (Å²) in [5, 5.41) is 3.50. The fourth-order valence-electron chi connectivity index (χ4n) is 2.05. The minimum absolute atomic E-state index is 0.00243. The van der Waals surface area contributed by atoms with E-state index >= 15 is 0 Å². The Hall–Kier alpha value is -2.00. The molecule has 0 bridgehead atoms. The normalized spacial score (nSPS) is 11.1. The predicted molar refractivity (Wildman–Crippen MR) is 93.9 cm³/mol. The SMILES string of the molecule is CC(C)(C)c1ccc(OCC(=O)NCc2ccc(Cl)cc2)cc1. The number of carbonyl (C=O) groups excluding carboxylic acids is 1. The highest BCUT2D eigenvalue weighted by atomic mass is 35.5. The second kappa shape index (κ2) is 7.51. The fraction of sp³-hybridized carbons (Fsp3) is 0.316. The Labute approximate surface area is 142 Å². The Bertz CT molecular complexity index is 643. The monoisotopic (exact) mass is 331 g/mol. The molecule has 0 aromatic heterocycles. The highest BCUT2D eigenvalue weighted by molar-refractivity contribution is 6.30. The molecule has 0 atom stereocenters. The van der Waals surface area contributed by atoms with E-state index in [4.69, 9.17) is 16.3 Å². The number of rotatable bonds is 5. The predicted octanol–water partition coefficient (Wildman–Crippen LogP) is 4.33. The summed E-state index contributed by atoms with van der Waals surface area (Å²) in [6, 6.07) is 15.2. The van der Waals surface area contributed by atoms with Gasteiger partial charge in [0.2, 0.25) is 0 Å². The van der Waals surface area contributed by atoms with Crippen molar-refractivity contribution in [2.24, 2.45) is 0 Å². The number of nitrogens with one attached hydrogen (secondary N) is 1. The van der Waals surface area contributed by atoms with E-state index < -0.39 is 0 Å². The Morgan fingerprint density at radius 1 is 1.04 bits per heavy atom. The van der Waals surface area contributed by atoms with E-state index in [-0.39, 0.29) is 17.9 Å². The van der Waals surface area contributed by atoms with Crippen LogP contribution in [-0.2, 0) is 16.8 Å². The topological polar surface area (TPSA) is 38.3 Å². The molecule has 0 aliphatic rings. The van der Waals surface area contributed by atoms with Crippen molar-refractivity contribution in [2.75, 3.05) is 6.61 Å². The number of carbonyl (C=O) groups is 1. The molecular formula is C19H22ClNO2. The van der Waals surface area contributed by atoms with Crippen molar-refractivity contribution in [1.29, 1.82) is 0 Å². The molecule has 0 saturated heterocycles. The molecule has 0 spiro atoms. The van der Waals surface area contributed by atoms with E-state index in [9.17, 15) is 4.79 Å². The Morgan fingerprint density at radius 3 is 2.22 bits per heavy atom. The molecule has 0 saturated carbocycles. The summed E-state index contributed by atoms with van der Waals surface area (Å²) in [7, 11) is 0. The number of halogens is 1. The van der Waals surface area contributed by atoms with Gasteiger partial charge in [0.05, 0.1) is 0 Å². The van der Waals surface area contributed by atoms with Crippen LogP contribution in [-0.4, -0.2) is 12.5 Å². The van der Waals surface area contributed by atoms with Crippen LogP contribution in [0.1, 0.15) is 31.9 Å². The molecule has 0 aliphatic heterocycles. The molecule has 1 amide bonds. The summed E-state index contributed by atoms with van der Waals surface area (Å²) in [5.74, 6) is 0.541. The molecule has 2 rings (SSSR count). The summed E-state index contributed by atoms with van der Waals surface area (Å²) >= 11 is 5.82. The highest BCUT2D eigenvalue weighted by Gasteiger charge is 2.13. The third-order valence-electron chi connectivity index (χ3n) is 3.49. The molecule has 0 aliphatic carbocycles. The lowest BCUT2D eigenvalue weighted by molar-refractivity contribution is -0.123. The van der Waals surface area contributed by atoms with E-state index in [0.717, 1.165) is 5.56 Å². The average Bonchev–Trinajstić information content (AvgIpc) is 2.52. The van der Waals surface area contributed by atoms with Gasteiger partial charge in [-0.05, 0) is 40.8 Å². The van der Waals surface area contributed by atoms with Crippen LogP contribution in [0.3, 0.4) is 0 Å².